The first kappa shape index (κ1) is 13.9. The molecule has 3 rings (SSSR count). The lowest BCUT2D eigenvalue weighted by Crippen LogP contribution is -2.31. The lowest BCUT2D eigenvalue weighted by molar-refractivity contribution is -0.130. The first-order valence-corrected chi connectivity index (χ1v) is 7.28. The number of aliphatic hydroxyl groups is 1. The highest BCUT2D eigenvalue weighted by molar-refractivity contribution is 5.83. The van der Waals surface area contributed by atoms with Crippen LogP contribution in [0.5, 0.6) is 0 Å². The summed E-state index contributed by atoms with van der Waals surface area (Å²) in [4.78, 5) is 18.7. The Bertz CT molecular complexity index is 672. The highest BCUT2D eigenvalue weighted by atomic mass is 16.3. The molecule has 1 aromatic heterocycles. The van der Waals surface area contributed by atoms with Crippen LogP contribution in [0.2, 0.25) is 0 Å². The number of nitrogen functional groups attached to an aromatic ring is 1. The molecule has 112 valence electrons. The number of benzene rings is 1. The molecule has 1 atom stereocenters. The average molecular weight is 288 g/mol. The number of likely N-dealkylation sites (tertiary alicyclic amines) is 1. The Labute approximate surface area is 123 Å². The molecule has 21 heavy (non-hydrogen) atoms. The SMILES string of the molecule is CC(O)c1nc2cc(N)ccc2n1CC(=O)N1CCCC1. The van der Waals surface area contributed by atoms with Gasteiger partial charge in [-0.15, -0.1) is 0 Å². The van der Waals surface area contributed by atoms with Gasteiger partial charge in [-0.2, -0.15) is 0 Å². The molecule has 0 saturated carbocycles. The van der Waals surface area contributed by atoms with Gasteiger partial charge in [0.25, 0.3) is 0 Å². The maximum absolute atomic E-state index is 12.4. The first-order valence-electron chi connectivity index (χ1n) is 7.28. The minimum Gasteiger partial charge on any atom is -0.399 e. The topological polar surface area (TPSA) is 84.4 Å². The number of nitrogens with two attached hydrogens (primary N) is 1. The number of carbonyl (C=O) groups is 1. The van der Waals surface area contributed by atoms with E-state index in [0.717, 1.165) is 31.4 Å². The van der Waals surface area contributed by atoms with Crippen molar-refractivity contribution < 1.29 is 9.90 Å². The smallest absolute Gasteiger partial charge is 0.242 e. The standard InChI is InChI=1S/C15H20N4O2/c1-10(20)15-17-12-8-11(16)4-5-13(12)19(15)9-14(21)18-6-2-3-7-18/h4-5,8,10,20H,2-3,6-7,9,16H2,1H3. The van der Waals surface area contributed by atoms with E-state index in [9.17, 15) is 9.90 Å². The zero-order valence-corrected chi connectivity index (χ0v) is 12.1. The van der Waals surface area contributed by atoms with E-state index < -0.39 is 6.10 Å². The fraction of sp³-hybridized carbons (Fsp3) is 0.467. The van der Waals surface area contributed by atoms with Gasteiger partial charge in [-0.3, -0.25) is 4.79 Å². The molecular weight excluding hydrogens is 268 g/mol. The number of rotatable bonds is 3. The van der Waals surface area contributed by atoms with Crippen molar-refractivity contribution in [2.75, 3.05) is 18.8 Å². The van der Waals surface area contributed by atoms with Crippen molar-refractivity contribution in [1.29, 1.82) is 0 Å². The maximum Gasteiger partial charge on any atom is 0.242 e. The summed E-state index contributed by atoms with van der Waals surface area (Å²) in [7, 11) is 0. The van der Waals surface area contributed by atoms with Crippen molar-refractivity contribution >= 4 is 22.6 Å². The van der Waals surface area contributed by atoms with Crippen LogP contribution in [0.4, 0.5) is 5.69 Å². The van der Waals surface area contributed by atoms with Crippen LogP contribution in [0.15, 0.2) is 18.2 Å². The molecular formula is C15H20N4O2. The van der Waals surface area contributed by atoms with E-state index in [1.54, 1.807) is 23.6 Å². The second-order valence-corrected chi connectivity index (χ2v) is 5.57. The van der Waals surface area contributed by atoms with Gasteiger partial charge in [-0.1, -0.05) is 0 Å². The number of carbonyl (C=O) groups excluding carboxylic acids is 1. The third-order valence-electron chi connectivity index (χ3n) is 3.93. The van der Waals surface area contributed by atoms with Crippen molar-refractivity contribution in [2.45, 2.75) is 32.4 Å². The number of fused-ring (bicyclic) bond motifs is 1. The number of imidazole rings is 1. The summed E-state index contributed by atoms with van der Waals surface area (Å²) in [5.41, 5.74) is 7.93. The number of nitrogens with zero attached hydrogens (tertiary/aromatic N) is 3. The van der Waals surface area contributed by atoms with Crippen molar-refractivity contribution in [2.24, 2.45) is 0 Å². The van der Waals surface area contributed by atoms with Crippen LogP contribution in [-0.4, -0.2) is 38.6 Å². The predicted octanol–water partition coefficient (Wildman–Crippen LogP) is 1.29. The molecule has 1 saturated heterocycles. The Morgan fingerprint density at radius 1 is 1.43 bits per heavy atom. The van der Waals surface area contributed by atoms with Crippen LogP contribution in [-0.2, 0) is 11.3 Å². The molecule has 1 amide bonds. The van der Waals surface area contributed by atoms with Crippen molar-refractivity contribution in [3.05, 3.63) is 24.0 Å². The summed E-state index contributed by atoms with van der Waals surface area (Å²) in [6.07, 6.45) is 1.40. The minimum absolute atomic E-state index is 0.0746. The first-order chi connectivity index (χ1) is 10.1. The molecule has 2 heterocycles. The molecule has 0 bridgehead atoms. The number of aliphatic hydroxyl groups excluding tert-OH is 1. The molecule has 0 aliphatic carbocycles. The van der Waals surface area contributed by atoms with Crippen LogP contribution in [0, 0.1) is 0 Å². The average Bonchev–Trinajstić information content (AvgIpc) is 3.06. The number of amides is 1. The van der Waals surface area contributed by atoms with Crippen molar-refractivity contribution in [1.82, 2.24) is 14.5 Å². The largest absolute Gasteiger partial charge is 0.399 e. The van der Waals surface area contributed by atoms with Crippen LogP contribution < -0.4 is 5.73 Å². The summed E-state index contributed by atoms with van der Waals surface area (Å²) in [5.74, 6) is 0.577. The Hall–Kier alpha value is -2.08. The molecule has 2 aromatic rings. The summed E-state index contributed by atoms with van der Waals surface area (Å²) in [5, 5.41) is 9.91. The van der Waals surface area contributed by atoms with Crippen molar-refractivity contribution in [3.63, 3.8) is 0 Å². The monoisotopic (exact) mass is 288 g/mol. The molecule has 1 aliphatic heterocycles. The van der Waals surface area contributed by atoms with Crippen molar-refractivity contribution in [3.8, 4) is 0 Å². The number of hydrogen-bond acceptors (Lipinski definition) is 4. The third-order valence-corrected chi connectivity index (χ3v) is 3.93. The van der Waals surface area contributed by atoms with Gasteiger partial charge >= 0.3 is 0 Å². The summed E-state index contributed by atoms with van der Waals surface area (Å²) < 4.78 is 1.79. The van der Waals surface area contributed by atoms with Gasteiger partial charge in [0.15, 0.2) is 0 Å². The minimum atomic E-state index is -0.731. The number of aromatic nitrogens is 2. The normalized spacial score (nSPS) is 16.6. The Balaban J connectivity index is 1.98. The molecule has 1 aliphatic rings. The second-order valence-electron chi connectivity index (χ2n) is 5.57. The summed E-state index contributed by atoms with van der Waals surface area (Å²) >= 11 is 0. The molecule has 6 nitrogen and oxygen atoms in total. The van der Waals surface area contributed by atoms with Gasteiger partial charge in [-0.25, -0.2) is 4.98 Å². The third kappa shape index (κ3) is 2.58. The Kier molecular flexibility index (Phi) is 3.55. The molecule has 0 radical (unpaired) electrons. The fourth-order valence-corrected chi connectivity index (χ4v) is 2.85. The van der Waals surface area contributed by atoms with E-state index in [-0.39, 0.29) is 12.5 Å². The fourth-order valence-electron chi connectivity index (χ4n) is 2.85. The Morgan fingerprint density at radius 3 is 2.81 bits per heavy atom. The highest BCUT2D eigenvalue weighted by Crippen LogP contribution is 2.23. The number of hydrogen-bond donors (Lipinski definition) is 2. The molecule has 1 unspecified atom stereocenters. The zero-order valence-electron chi connectivity index (χ0n) is 12.1. The summed E-state index contributed by atoms with van der Waals surface area (Å²) in [6.45, 7) is 3.51. The van der Waals surface area contributed by atoms with Gasteiger partial charge in [0.05, 0.1) is 11.0 Å². The zero-order chi connectivity index (χ0) is 15.0. The molecule has 1 fully saturated rings. The molecule has 6 heteroatoms. The lowest BCUT2D eigenvalue weighted by atomic mass is 10.3. The van der Waals surface area contributed by atoms with Gasteiger partial charge in [0.2, 0.25) is 5.91 Å². The quantitative estimate of drug-likeness (QED) is 0.834. The van der Waals surface area contributed by atoms with E-state index in [1.165, 1.54) is 0 Å². The molecule has 1 aromatic carbocycles. The van der Waals surface area contributed by atoms with Crippen LogP contribution in [0.1, 0.15) is 31.7 Å². The van der Waals surface area contributed by atoms with Crippen LogP contribution in [0.3, 0.4) is 0 Å². The van der Waals surface area contributed by atoms with Gasteiger partial charge in [0.1, 0.15) is 18.5 Å². The van der Waals surface area contributed by atoms with E-state index in [0.29, 0.717) is 17.0 Å². The van der Waals surface area contributed by atoms with E-state index in [2.05, 4.69) is 4.98 Å². The lowest BCUT2D eigenvalue weighted by Gasteiger charge is -2.17. The highest BCUT2D eigenvalue weighted by Gasteiger charge is 2.22. The van der Waals surface area contributed by atoms with Gasteiger partial charge < -0.3 is 20.3 Å². The van der Waals surface area contributed by atoms with E-state index >= 15 is 0 Å². The molecule has 3 N–H and O–H groups in total. The van der Waals surface area contributed by atoms with Gasteiger partial charge in [-0.05, 0) is 38.0 Å². The van der Waals surface area contributed by atoms with E-state index in [4.69, 9.17) is 5.73 Å². The van der Waals surface area contributed by atoms with Crippen LogP contribution >= 0.6 is 0 Å². The maximum atomic E-state index is 12.4. The summed E-state index contributed by atoms with van der Waals surface area (Å²) in [6, 6.07) is 5.39. The molecule has 0 spiro atoms. The Morgan fingerprint density at radius 2 is 2.14 bits per heavy atom. The van der Waals surface area contributed by atoms with Crippen LogP contribution in [0.25, 0.3) is 11.0 Å². The second kappa shape index (κ2) is 5.37. The predicted molar refractivity (Wildman–Crippen MR) is 80.6 cm³/mol. The van der Waals surface area contributed by atoms with Gasteiger partial charge in [0, 0.05) is 18.8 Å². The van der Waals surface area contributed by atoms with E-state index in [1.807, 2.05) is 11.0 Å². The number of anilines is 1.